The zero-order valence-corrected chi connectivity index (χ0v) is 12.7. The summed E-state index contributed by atoms with van der Waals surface area (Å²) >= 11 is 0. The van der Waals surface area contributed by atoms with Gasteiger partial charge in [0.1, 0.15) is 5.82 Å². The number of carbonyl (C=O) groups is 1. The number of likely N-dealkylation sites (tertiary alicyclic amines) is 1. The molecule has 0 atom stereocenters. The van der Waals surface area contributed by atoms with Gasteiger partial charge < -0.3 is 15.2 Å². The Bertz CT molecular complexity index is 521. The highest BCUT2D eigenvalue weighted by molar-refractivity contribution is 5.75. The van der Waals surface area contributed by atoms with Crippen molar-refractivity contribution < 1.29 is 4.79 Å². The van der Waals surface area contributed by atoms with Crippen molar-refractivity contribution in [3.8, 4) is 0 Å². The van der Waals surface area contributed by atoms with Crippen LogP contribution in [0.3, 0.4) is 0 Å². The minimum atomic E-state index is -0.183. The van der Waals surface area contributed by atoms with Crippen molar-refractivity contribution in [2.45, 2.75) is 45.6 Å². The highest BCUT2D eigenvalue weighted by atomic mass is 16.1. The molecule has 6 heteroatoms. The topological polar surface area (TPSA) is 78.1 Å². The molecule has 21 heavy (non-hydrogen) atoms. The summed E-state index contributed by atoms with van der Waals surface area (Å²) in [6.45, 7) is 5.36. The third-order valence-electron chi connectivity index (χ3n) is 3.71. The molecule has 0 bridgehead atoms. The number of amides is 1. The van der Waals surface area contributed by atoms with Gasteiger partial charge in [-0.15, -0.1) is 0 Å². The van der Waals surface area contributed by atoms with Crippen molar-refractivity contribution in [3.05, 3.63) is 27.9 Å². The molecule has 1 amide bonds. The van der Waals surface area contributed by atoms with Crippen LogP contribution in [-0.2, 0) is 11.3 Å². The third kappa shape index (κ3) is 5.67. The Balaban J connectivity index is 1.66. The molecule has 0 radical (unpaired) electrons. The number of rotatable bonds is 6. The molecular formula is C15H24N4O2. The summed E-state index contributed by atoms with van der Waals surface area (Å²) in [7, 11) is 0. The fourth-order valence-electron chi connectivity index (χ4n) is 2.66. The Morgan fingerprint density at radius 2 is 2.14 bits per heavy atom. The molecule has 1 aromatic heterocycles. The zero-order valence-electron chi connectivity index (χ0n) is 12.7. The maximum atomic E-state index is 11.8. The highest BCUT2D eigenvalue weighted by Crippen LogP contribution is 2.09. The van der Waals surface area contributed by atoms with Crippen LogP contribution in [0.15, 0.2) is 10.9 Å². The van der Waals surface area contributed by atoms with Gasteiger partial charge in [-0.25, -0.2) is 4.98 Å². The Morgan fingerprint density at radius 3 is 2.86 bits per heavy atom. The van der Waals surface area contributed by atoms with Gasteiger partial charge in [0, 0.05) is 12.5 Å². The fourth-order valence-corrected chi connectivity index (χ4v) is 2.66. The molecule has 116 valence electrons. The van der Waals surface area contributed by atoms with E-state index in [-0.39, 0.29) is 11.5 Å². The van der Waals surface area contributed by atoms with Gasteiger partial charge in [0.25, 0.3) is 5.56 Å². The van der Waals surface area contributed by atoms with Crippen LogP contribution in [0.4, 0.5) is 0 Å². The Morgan fingerprint density at radius 1 is 1.38 bits per heavy atom. The molecule has 1 aliphatic heterocycles. The molecule has 0 saturated carbocycles. The number of hydrogen-bond acceptors (Lipinski definition) is 4. The molecule has 2 rings (SSSR count). The van der Waals surface area contributed by atoms with Crippen molar-refractivity contribution in [1.82, 2.24) is 20.2 Å². The van der Waals surface area contributed by atoms with Crippen LogP contribution < -0.4 is 10.9 Å². The highest BCUT2D eigenvalue weighted by Gasteiger charge is 2.10. The first kappa shape index (κ1) is 15.7. The summed E-state index contributed by atoms with van der Waals surface area (Å²) in [4.78, 5) is 32.3. The molecule has 1 saturated heterocycles. The number of carbonyl (C=O) groups excluding carboxylic acids is 1. The minimum Gasteiger partial charge on any atom is -0.350 e. The SMILES string of the molecule is Cc1nc(CNC(=O)CCCN2CCCCC2)cc(=O)[nH]1. The number of hydrogen-bond donors (Lipinski definition) is 2. The van der Waals surface area contributed by atoms with E-state index < -0.39 is 0 Å². The lowest BCUT2D eigenvalue weighted by Gasteiger charge is -2.26. The standard InChI is InChI=1S/C15H24N4O2/c1-12-17-13(10-15(21)18-12)11-16-14(20)6-5-9-19-7-3-2-4-8-19/h10H,2-9,11H2,1H3,(H,16,20)(H,17,18,21). The second-order valence-corrected chi connectivity index (χ2v) is 5.60. The van der Waals surface area contributed by atoms with Crippen molar-refractivity contribution in [2.24, 2.45) is 0 Å². The van der Waals surface area contributed by atoms with E-state index >= 15 is 0 Å². The predicted octanol–water partition coefficient (Wildman–Crippen LogP) is 0.961. The number of aromatic nitrogens is 2. The van der Waals surface area contributed by atoms with E-state index in [9.17, 15) is 9.59 Å². The fraction of sp³-hybridized carbons (Fsp3) is 0.667. The first-order valence-electron chi connectivity index (χ1n) is 7.69. The molecule has 1 aliphatic rings. The van der Waals surface area contributed by atoms with Crippen molar-refractivity contribution in [2.75, 3.05) is 19.6 Å². The van der Waals surface area contributed by atoms with E-state index in [0.717, 1.165) is 26.1 Å². The van der Waals surface area contributed by atoms with Gasteiger partial charge in [-0.2, -0.15) is 0 Å². The number of nitrogens with zero attached hydrogens (tertiary/aromatic N) is 2. The van der Waals surface area contributed by atoms with Gasteiger partial charge in [-0.3, -0.25) is 9.59 Å². The molecule has 0 aliphatic carbocycles. The summed E-state index contributed by atoms with van der Waals surface area (Å²) in [6, 6.07) is 1.42. The van der Waals surface area contributed by atoms with Crippen LogP contribution in [0.5, 0.6) is 0 Å². The lowest BCUT2D eigenvalue weighted by Crippen LogP contribution is -2.31. The second-order valence-electron chi connectivity index (χ2n) is 5.60. The summed E-state index contributed by atoms with van der Waals surface area (Å²) in [5, 5.41) is 2.82. The lowest BCUT2D eigenvalue weighted by molar-refractivity contribution is -0.121. The lowest BCUT2D eigenvalue weighted by atomic mass is 10.1. The van der Waals surface area contributed by atoms with Crippen molar-refractivity contribution in [3.63, 3.8) is 0 Å². The van der Waals surface area contributed by atoms with E-state index in [1.54, 1.807) is 6.92 Å². The van der Waals surface area contributed by atoms with Gasteiger partial charge in [0.2, 0.25) is 5.91 Å². The molecule has 0 spiro atoms. The third-order valence-corrected chi connectivity index (χ3v) is 3.71. The van der Waals surface area contributed by atoms with Gasteiger partial charge >= 0.3 is 0 Å². The van der Waals surface area contributed by atoms with Crippen molar-refractivity contribution in [1.29, 1.82) is 0 Å². The average molecular weight is 292 g/mol. The quantitative estimate of drug-likeness (QED) is 0.818. The molecule has 1 aromatic rings. The van der Waals surface area contributed by atoms with E-state index in [0.29, 0.717) is 24.5 Å². The second kappa shape index (κ2) is 7.93. The van der Waals surface area contributed by atoms with E-state index in [1.807, 2.05) is 0 Å². The Labute approximate surface area is 125 Å². The first-order chi connectivity index (χ1) is 10.1. The number of aryl methyl sites for hydroxylation is 1. The maximum absolute atomic E-state index is 11.8. The maximum Gasteiger partial charge on any atom is 0.251 e. The molecule has 0 unspecified atom stereocenters. The minimum absolute atomic E-state index is 0.0201. The van der Waals surface area contributed by atoms with Crippen LogP contribution >= 0.6 is 0 Å². The smallest absolute Gasteiger partial charge is 0.251 e. The summed E-state index contributed by atoms with van der Waals surface area (Å²) < 4.78 is 0. The van der Waals surface area contributed by atoms with E-state index in [1.165, 1.54) is 25.3 Å². The number of nitrogens with one attached hydrogen (secondary N) is 2. The van der Waals surface area contributed by atoms with Crippen LogP contribution in [0, 0.1) is 6.92 Å². The van der Waals surface area contributed by atoms with Gasteiger partial charge in [0.05, 0.1) is 12.2 Å². The largest absolute Gasteiger partial charge is 0.350 e. The van der Waals surface area contributed by atoms with Crippen LogP contribution in [-0.4, -0.2) is 40.4 Å². The molecule has 2 N–H and O–H groups in total. The summed E-state index contributed by atoms with van der Waals surface area (Å²) in [6.07, 6.45) is 5.30. The van der Waals surface area contributed by atoms with E-state index in [4.69, 9.17) is 0 Å². The number of aromatic amines is 1. The normalized spacial score (nSPS) is 15.9. The Hall–Kier alpha value is -1.69. The monoisotopic (exact) mass is 292 g/mol. The summed E-state index contributed by atoms with van der Waals surface area (Å²) in [5.74, 6) is 0.587. The molecule has 6 nitrogen and oxygen atoms in total. The van der Waals surface area contributed by atoms with Crippen LogP contribution in [0.2, 0.25) is 0 Å². The molecule has 2 heterocycles. The first-order valence-corrected chi connectivity index (χ1v) is 7.69. The van der Waals surface area contributed by atoms with Gasteiger partial charge in [-0.05, 0) is 45.8 Å². The van der Waals surface area contributed by atoms with Crippen LogP contribution in [0.25, 0.3) is 0 Å². The van der Waals surface area contributed by atoms with E-state index in [2.05, 4.69) is 20.2 Å². The Kier molecular flexibility index (Phi) is 5.92. The predicted molar refractivity (Wildman–Crippen MR) is 81.0 cm³/mol. The number of H-pyrrole nitrogens is 1. The molecular weight excluding hydrogens is 268 g/mol. The van der Waals surface area contributed by atoms with Gasteiger partial charge in [0.15, 0.2) is 0 Å². The van der Waals surface area contributed by atoms with Crippen LogP contribution in [0.1, 0.15) is 43.6 Å². The van der Waals surface area contributed by atoms with Crippen molar-refractivity contribution >= 4 is 5.91 Å². The molecule has 1 fully saturated rings. The zero-order chi connectivity index (χ0) is 15.1. The summed E-state index contributed by atoms with van der Waals surface area (Å²) in [5.41, 5.74) is 0.414. The average Bonchev–Trinajstić information content (AvgIpc) is 2.45. The van der Waals surface area contributed by atoms with Gasteiger partial charge in [-0.1, -0.05) is 6.42 Å². The molecule has 0 aromatic carbocycles. The number of piperidine rings is 1.